The number of likely N-dealkylation sites (tertiary alicyclic amines) is 1. The summed E-state index contributed by atoms with van der Waals surface area (Å²) < 4.78 is 13.3. The monoisotopic (exact) mass is 306 g/mol. The first kappa shape index (κ1) is 15.4. The highest BCUT2D eigenvalue weighted by atomic mass is 19.1. The maximum atomic E-state index is 13.3. The predicted molar refractivity (Wildman–Crippen MR) is 82.0 cm³/mol. The molecule has 0 radical (unpaired) electrons. The van der Waals surface area contributed by atoms with Crippen molar-refractivity contribution in [3.8, 4) is 0 Å². The quantitative estimate of drug-likeness (QED) is 0.873. The number of halogens is 1. The van der Waals surface area contributed by atoms with E-state index in [4.69, 9.17) is 0 Å². The molecule has 2 fully saturated rings. The van der Waals surface area contributed by atoms with Crippen LogP contribution < -0.4 is 5.32 Å². The zero-order valence-corrected chi connectivity index (χ0v) is 12.7. The second kappa shape index (κ2) is 6.34. The molecule has 2 saturated heterocycles. The largest absolute Gasteiger partial charge is 0.396 e. The number of benzene rings is 1. The topological polar surface area (TPSA) is 52.6 Å². The van der Waals surface area contributed by atoms with Crippen LogP contribution in [-0.4, -0.2) is 48.7 Å². The van der Waals surface area contributed by atoms with E-state index in [9.17, 15) is 14.3 Å². The van der Waals surface area contributed by atoms with Gasteiger partial charge in [0.15, 0.2) is 0 Å². The zero-order chi connectivity index (χ0) is 15.6. The maximum Gasteiger partial charge on any atom is 0.253 e. The average Bonchev–Trinajstić information content (AvgIpc) is 2.55. The van der Waals surface area contributed by atoms with E-state index in [1.54, 1.807) is 12.1 Å². The molecule has 0 saturated carbocycles. The van der Waals surface area contributed by atoms with Crippen LogP contribution in [0.5, 0.6) is 0 Å². The van der Waals surface area contributed by atoms with Gasteiger partial charge in [0.05, 0.1) is 0 Å². The van der Waals surface area contributed by atoms with Crippen LogP contribution in [0.1, 0.15) is 29.6 Å². The van der Waals surface area contributed by atoms with Gasteiger partial charge in [-0.3, -0.25) is 4.79 Å². The lowest BCUT2D eigenvalue weighted by Crippen LogP contribution is -2.53. The van der Waals surface area contributed by atoms with Gasteiger partial charge in [0.2, 0.25) is 0 Å². The van der Waals surface area contributed by atoms with E-state index in [1.165, 1.54) is 12.1 Å². The molecule has 1 amide bonds. The van der Waals surface area contributed by atoms with Crippen LogP contribution in [0.25, 0.3) is 0 Å². The molecule has 2 N–H and O–H groups in total. The van der Waals surface area contributed by atoms with Crippen molar-refractivity contribution in [3.05, 3.63) is 35.6 Å². The van der Waals surface area contributed by atoms with Crippen LogP contribution in [0.2, 0.25) is 0 Å². The van der Waals surface area contributed by atoms with Crippen molar-refractivity contribution in [3.63, 3.8) is 0 Å². The molecule has 2 heterocycles. The molecule has 2 aliphatic heterocycles. The molecule has 0 aromatic heterocycles. The Morgan fingerprint density at radius 2 is 2.14 bits per heavy atom. The van der Waals surface area contributed by atoms with E-state index in [1.807, 2.05) is 4.90 Å². The Morgan fingerprint density at radius 1 is 1.36 bits per heavy atom. The molecule has 2 aliphatic rings. The number of hydrogen-bond acceptors (Lipinski definition) is 3. The van der Waals surface area contributed by atoms with Gasteiger partial charge in [0.25, 0.3) is 5.91 Å². The third-order valence-corrected chi connectivity index (χ3v) is 5.39. The number of nitrogens with zero attached hydrogens (tertiary/aromatic N) is 1. The minimum absolute atomic E-state index is 0.0937. The highest BCUT2D eigenvalue weighted by Gasteiger charge is 2.43. The van der Waals surface area contributed by atoms with Gasteiger partial charge in [-0.2, -0.15) is 0 Å². The molecule has 1 atom stereocenters. The minimum Gasteiger partial charge on any atom is -0.396 e. The molecular formula is C17H23FN2O2. The normalized spacial score (nSPS) is 24.5. The van der Waals surface area contributed by atoms with Crippen LogP contribution in [0.15, 0.2) is 24.3 Å². The van der Waals surface area contributed by atoms with Crippen molar-refractivity contribution in [1.29, 1.82) is 0 Å². The Labute approximate surface area is 130 Å². The van der Waals surface area contributed by atoms with Gasteiger partial charge >= 0.3 is 0 Å². The summed E-state index contributed by atoms with van der Waals surface area (Å²) >= 11 is 0. The standard InChI is InChI=1S/C17H23FN2O2/c18-15-3-1-2-13(10-15)16(22)20-8-5-17(6-9-20)4-7-19-11-14(17)12-21/h1-3,10,14,19,21H,4-9,11-12H2. The summed E-state index contributed by atoms with van der Waals surface area (Å²) in [4.78, 5) is 14.3. The summed E-state index contributed by atoms with van der Waals surface area (Å²) in [5.41, 5.74) is 0.568. The van der Waals surface area contributed by atoms with Crippen molar-refractivity contribution in [2.75, 3.05) is 32.8 Å². The van der Waals surface area contributed by atoms with Gasteiger partial charge in [0, 0.05) is 37.7 Å². The van der Waals surface area contributed by atoms with E-state index in [0.29, 0.717) is 18.7 Å². The molecule has 1 spiro atoms. The van der Waals surface area contributed by atoms with Crippen molar-refractivity contribution in [2.24, 2.45) is 11.3 Å². The first-order valence-electron chi connectivity index (χ1n) is 8.01. The first-order valence-corrected chi connectivity index (χ1v) is 8.01. The lowest BCUT2D eigenvalue weighted by atomic mass is 9.65. The molecule has 3 rings (SSSR count). The lowest BCUT2D eigenvalue weighted by Gasteiger charge is -2.49. The van der Waals surface area contributed by atoms with Gasteiger partial charge in [-0.05, 0) is 49.4 Å². The molecule has 1 aromatic carbocycles. The molecule has 0 bridgehead atoms. The lowest BCUT2D eigenvalue weighted by molar-refractivity contribution is -0.00116. The van der Waals surface area contributed by atoms with E-state index >= 15 is 0 Å². The second-order valence-electron chi connectivity index (χ2n) is 6.50. The van der Waals surface area contributed by atoms with Gasteiger partial charge in [-0.25, -0.2) is 4.39 Å². The smallest absolute Gasteiger partial charge is 0.253 e. The Kier molecular flexibility index (Phi) is 4.45. The Balaban J connectivity index is 1.67. The first-order chi connectivity index (χ1) is 10.6. The molecule has 0 aliphatic carbocycles. The fourth-order valence-electron chi connectivity index (χ4n) is 3.91. The summed E-state index contributed by atoms with van der Waals surface area (Å²) in [6.07, 6.45) is 2.89. The van der Waals surface area contributed by atoms with Crippen LogP contribution in [0.4, 0.5) is 4.39 Å². The number of amides is 1. The van der Waals surface area contributed by atoms with E-state index in [-0.39, 0.29) is 29.7 Å². The van der Waals surface area contributed by atoms with Gasteiger partial charge in [-0.1, -0.05) is 6.07 Å². The van der Waals surface area contributed by atoms with E-state index in [0.717, 1.165) is 32.4 Å². The fourth-order valence-corrected chi connectivity index (χ4v) is 3.91. The van der Waals surface area contributed by atoms with Crippen molar-refractivity contribution in [2.45, 2.75) is 19.3 Å². The number of rotatable bonds is 2. The molecule has 1 unspecified atom stereocenters. The fraction of sp³-hybridized carbons (Fsp3) is 0.588. The highest BCUT2D eigenvalue weighted by molar-refractivity contribution is 5.94. The van der Waals surface area contributed by atoms with E-state index < -0.39 is 0 Å². The summed E-state index contributed by atoms with van der Waals surface area (Å²) in [6.45, 7) is 3.41. The minimum atomic E-state index is -0.377. The molecule has 120 valence electrons. The number of aliphatic hydroxyl groups is 1. The van der Waals surface area contributed by atoms with Gasteiger partial charge in [-0.15, -0.1) is 0 Å². The Morgan fingerprint density at radius 3 is 2.82 bits per heavy atom. The molecule has 5 heteroatoms. The number of hydrogen-bond donors (Lipinski definition) is 2. The Hall–Kier alpha value is -1.46. The van der Waals surface area contributed by atoms with E-state index in [2.05, 4.69) is 5.32 Å². The van der Waals surface area contributed by atoms with Crippen molar-refractivity contribution < 1.29 is 14.3 Å². The number of nitrogens with one attached hydrogen (secondary N) is 1. The third kappa shape index (κ3) is 2.88. The van der Waals surface area contributed by atoms with Crippen LogP contribution >= 0.6 is 0 Å². The molecule has 1 aromatic rings. The van der Waals surface area contributed by atoms with Crippen LogP contribution in [0, 0.1) is 17.2 Å². The zero-order valence-electron chi connectivity index (χ0n) is 12.7. The van der Waals surface area contributed by atoms with Gasteiger partial charge < -0.3 is 15.3 Å². The third-order valence-electron chi connectivity index (χ3n) is 5.39. The summed E-state index contributed by atoms with van der Waals surface area (Å²) in [5, 5.41) is 13.0. The van der Waals surface area contributed by atoms with Gasteiger partial charge in [0.1, 0.15) is 5.82 Å². The van der Waals surface area contributed by atoms with Crippen molar-refractivity contribution >= 4 is 5.91 Å². The summed E-state index contributed by atoms with van der Waals surface area (Å²) in [5.74, 6) is -0.200. The predicted octanol–water partition coefficient (Wildman–Crippen LogP) is 1.65. The summed E-state index contributed by atoms with van der Waals surface area (Å²) in [6, 6.07) is 5.88. The average molecular weight is 306 g/mol. The number of carbonyl (C=O) groups excluding carboxylic acids is 1. The highest BCUT2D eigenvalue weighted by Crippen LogP contribution is 2.43. The second-order valence-corrected chi connectivity index (χ2v) is 6.50. The van der Waals surface area contributed by atoms with Crippen molar-refractivity contribution in [1.82, 2.24) is 10.2 Å². The maximum absolute atomic E-state index is 13.3. The Bertz CT molecular complexity index is 541. The number of piperidine rings is 2. The number of carbonyl (C=O) groups is 1. The number of aliphatic hydroxyl groups excluding tert-OH is 1. The van der Waals surface area contributed by atoms with Crippen LogP contribution in [-0.2, 0) is 0 Å². The van der Waals surface area contributed by atoms with Crippen LogP contribution in [0.3, 0.4) is 0 Å². The molecular weight excluding hydrogens is 283 g/mol. The molecule has 4 nitrogen and oxygen atoms in total. The SMILES string of the molecule is O=C(c1cccc(F)c1)N1CCC2(CCNCC2CO)CC1. The summed E-state index contributed by atoms with van der Waals surface area (Å²) in [7, 11) is 0. The molecule has 22 heavy (non-hydrogen) atoms.